The lowest BCUT2D eigenvalue weighted by Crippen LogP contribution is -2.19. The predicted molar refractivity (Wildman–Crippen MR) is 146 cm³/mol. The molecule has 2 N–H and O–H groups in total. The SMILES string of the molecule is COc1cccc(CC(=O)NN=Cc2ccccc2-c2cc(OCc3cnc(Cl)s3)ccc2S(=O)(=O)O)c1. The maximum Gasteiger partial charge on any atom is 0.295 e. The molecule has 1 aromatic heterocycles. The minimum atomic E-state index is -4.56. The van der Waals surface area contributed by atoms with Gasteiger partial charge in [0.15, 0.2) is 4.47 Å². The summed E-state index contributed by atoms with van der Waals surface area (Å²) in [7, 11) is -3.01. The second kappa shape index (κ2) is 12.2. The van der Waals surface area contributed by atoms with Crippen LogP contribution in [-0.4, -0.2) is 37.2 Å². The number of methoxy groups -OCH3 is 1. The number of amides is 1. The van der Waals surface area contributed by atoms with Crippen LogP contribution in [0.2, 0.25) is 4.47 Å². The first-order valence-electron chi connectivity index (χ1n) is 11.1. The van der Waals surface area contributed by atoms with Crippen molar-refractivity contribution in [1.82, 2.24) is 10.4 Å². The van der Waals surface area contributed by atoms with Crippen LogP contribution >= 0.6 is 22.9 Å². The third-order valence-corrected chi connectivity index (χ3v) is 7.28. The number of nitrogens with zero attached hydrogens (tertiary/aromatic N) is 2. The molecule has 0 aliphatic heterocycles. The van der Waals surface area contributed by atoms with Gasteiger partial charge in [0.2, 0.25) is 5.91 Å². The molecule has 38 heavy (non-hydrogen) atoms. The minimum absolute atomic E-state index is 0.0907. The summed E-state index contributed by atoms with van der Waals surface area (Å²) in [5.74, 6) is 0.670. The highest BCUT2D eigenvalue weighted by atomic mass is 35.5. The molecule has 4 aromatic rings. The summed E-state index contributed by atoms with van der Waals surface area (Å²) in [5, 5.41) is 4.04. The first-order chi connectivity index (χ1) is 18.2. The standard InChI is InChI=1S/C26H22ClN3O6S2/c1-35-19-7-4-5-17(11-19)12-25(31)30-29-14-18-6-2-3-8-22(18)23-13-20(9-10-24(23)38(32,33)34)36-16-21-15-28-26(27)37-21/h2-11,13-15H,12,16H2,1H3,(H,30,31)(H,32,33,34). The van der Waals surface area contributed by atoms with E-state index in [1.807, 2.05) is 0 Å². The maximum atomic E-state index is 12.4. The van der Waals surface area contributed by atoms with Crippen molar-refractivity contribution in [3.05, 3.63) is 93.4 Å². The Bertz CT molecular complexity index is 1590. The highest BCUT2D eigenvalue weighted by Crippen LogP contribution is 2.33. The van der Waals surface area contributed by atoms with Crippen LogP contribution in [0.5, 0.6) is 11.5 Å². The number of aromatic nitrogens is 1. The summed E-state index contributed by atoms with van der Waals surface area (Å²) >= 11 is 7.13. The van der Waals surface area contributed by atoms with Crippen LogP contribution in [0.15, 0.2) is 82.9 Å². The lowest BCUT2D eigenvalue weighted by atomic mass is 10.00. The molecule has 0 unspecified atom stereocenters. The number of hydrazone groups is 1. The van der Waals surface area contributed by atoms with Gasteiger partial charge in [0.25, 0.3) is 10.1 Å². The van der Waals surface area contributed by atoms with E-state index in [1.165, 1.54) is 35.8 Å². The van der Waals surface area contributed by atoms with Gasteiger partial charge in [0.05, 0.1) is 24.6 Å². The minimum Gasteiger partial charge on any atom is -0.497 e. The molecule has 0 radical (unpaired) electrons. The Morgan fingerprint density at radius 3 is 2.66 bits per heavy atom. The maximum absolute atomic E-state index is 12.4. The van der Waals surface area contributed by atoms with Crippen molar-refractivity contribution in [2.75, 3.05) is 7.11 Å². The van der Waals surface area contributed by atoms with Crippen molar-refractivity contribution in [1.29, 1.82) is 0 Å². The predicted octanol–water partition coefficient (Wildman–Crippen LogP) is 4.99. The summed E-state index contributed by atoms with van der Waals surface area (Å²) in [6.07, 6.45) is 3.09. The van der Waals surface area contributed by atoms with E-state index < -0.39 is 10.1 Å². The number of benzene rings is 3. The van der Waals surface area contributed by atoms with E-state index >= 15 is 0 Å². The Hall–Kier alpha value is -3.77. The van der Waals surface area contributed by atoms with Crippen molar-refractivity contribution in [3.8, 4) is 22.6 Å². The number of carbonyl (C=O) groups is 1. The van der Waals surface area contributed by atoms with E-state index in [-0.39, 0.29) is 29.4 Å². The normalized spacial score (nSPS) is 11.4. The molecule has 0 saturated heterocycles. The van der Waals surface area contributed by atoms with Gasteiger partial charge in [-0.3, -0.25) is 9.35 Å². The Labute approximate surface area is 228 Å². The van der Waals surface area contributed by atoms with Gasteiger partial charge in [0.1, 0.15) is 23.0 Å². The van der Waals surface area contributed by atoms with Crippen molar-refractivity contribution in [2.24, 2.45) is 5.10 Å². The molecule has 4 rings (SSSR count). The van der Waals surface area contributed by atoms with Crippen molar-refractivity contribution >= 4 is 45.2 Å². The van der Waals surface area contributed by atoms with Crippen LogP contribution in [0.1, 0.15) is 16.0 Å². The van der Waals surface area contributed by atoms with E-state index in [4.69, 9.17) is 21.1 Å². The zero-order chi connectivity index (χ0) is 27.1. The smallest absolute Gasteiger partial charge is 0.295 e. The fraction of sp³-hybridized carbons (Fsp3) is 0.115. The average Bonchev–Trinajstić information content (AvgIpc) is 3.32. The monoisotopic (exact) mass is 571 g/mol. The topological polar surface area (TPSA) is 127 Å². The Balaban J connectivity index is 1.56. The summed E-state index contributed by atoms with van der Waals surface area (Å²) in [5.41, 5.74) is 4.40. The third-order valence-electron chi connectivity index (χ3n) is 5.28. The summed E-state index contributed by atoms with van der Waals surface area (Å²) in [4.78, 5) is 16.8. The number of carbonyl (C=O) groups excluding carboxylic acids is 1. The van der Waals surface area contributed by atoms with Crippen molar-refractivity contribution < 1.29 is 27.2 Å². The zero-order valence-corrected chi connectivity index (χ0v) is 22.4. The fourth-order valence-corrected chi connectivity index (χ4v) is 5.15. The molecular formula is C26H22ClN3O6S2. The summed E-state index contributed by atoms with van der Waals surface area (Å²) in [6, 6.07) is 18.2. The highest BCUT2D eigenvalue weighted by molar-refractivity contribution is 7.86. The first-order valence-corrected chi connectivity index (χ1v) is 13.7. The molecule has 196 valence electrons. The number of hydrogen-bond acceptors (Lipinski definition) is 8. The molecule has 12 heteroatoms. The lowest BCUT2D eigenvalue weighted by molar-refractivity contribution is -0.120. The zero-order valence-electron chi connectivity index (χ0n) is 20.0. The fourth-order valence-electron chi connectivity index (χ4n) is 3.58. The largest absolute Gasteiger partial charge is 0.497 e. The average molecular weight is 572 g/mol. The Morgan fingerprint density at radius 1 is 1.11 bits per heavy atom. The van der Waals surface area contributed by atoms with E-state index in [9.17, 15) is 17.8 Å². The molecule has 0 atom stereocenters. The van der Waals surface area contributed by atoms with Crippen molar-refractivity contribution in [3.63, 3.8) is 0 Å². The van der Waals surface area contributed by atoms with E-state index in [0.29, 0.717) is 27.1 Å². The molecule has 1 heterocycles. The second-order valence-corrected chi connectivity index (χ2v) is 11.0. The highest BCUT2D eigenvalue weighted by Gasteiger charge is 2.19. The Kier molecular flexibility index (Phi) is 8.74. The number of nitrogens with one attached hydrogen (secondary N) is 1. The molecule has 0 bridgehead atoms. The van der Waals surface area contributed by atoms with Gasteiger partial charge >= 0.3 is 0 Å². The van der Waals surface area contributed by atoms with E-state index in [0.717, 1.165) is 10.4 Å². The van der Waals surface area contributed by atoms with Crippen LogP contribution in [-0.2, 0) is 27.9 Å². The van der Waals surface area contributed by atoms with Crippen LogP contribution in [0.4, 0.5) is 0 Å². The molecule has 0 aliphatic rings. The van der Waals surface area contributed by atoms with Crippen LogP contribution in [0, 0.1) is 0 Å². The van der Waals surface area contributed by atoms with Crippen molar-refractivity contribution in [2.45, 2.75) is 17.9 Å². The number of halogens is 1. The third kappa shape index (κ3) is 7.17. The van der Waals surface area contributed by atoms with E-state index in [1.54, 1.807) is 61.8 Å². The molecule has 3 aromatic carbocycles. The molecule has 0 aliphatic carbocycles. The van der Waals surface area contributed by atoms with Gasteiger partial charge in [0, 0.05) is 17.3 Å². The Morgan fingerprint density at radius 2 is 1.92 bits per heavy atom. The second-order valence-electron chi connectivity index (χ2n) is 7.91. The lowest BCUT2D eigenvalue weighted by Gasteiger charge is -2.13. The van der Waals surface area contributed by atoms with Gasteiger partial charge in [-0.05, 0) is 41.5 Å². The van der Waals surface area contributed by atoms with Crippen LogP contribution in [0.25, 0.3) is 11.1 Å². The number of thiazole rings is 1. The number of rotatable bonds is 10. The van der Waals surface area contributed by atoms with Gasteiger partial charge in [-0.1, -0.05) is 48.0 Å². The van der Waals surface area contributed by atoms with Crippen LogP contribution < -0.4 is 14.9 Å². The van der Waals surface area contributed by atoms with Gasteiger partial charge < -0.3 is 9.47 Å². The molecule has 1 amide bonds. The van der Waals surface area contributed by atoms with Gasteiger partial charge in [-0.15, -0.1) is 11.3 Å². The molecule has 0 saturated carbocycles. The number of hydrogen-bond donors (Lipinski definition) is 2. The van der Waals surface area contributed by atoms with Crippen LogP contribution in [0.3, 0.4) is 0 Å². The quantitative estimate of drug-likeness (QED) is 0.156. The van der Waals surface area contributed by atoms with Gasteiger partial charge in [-0.2, -0.15) is 13.5 Å². The molecular weight excluding hydrogens is 550 g/mol. The summed E-state index contributed by atoms with van der Waals surface area (Å²) < 4.78 is 45.5. The molecule has 0 spiro atoms. The van der Waals surface area contributed by atoms with Gasteiger partial charge in [-0.25, -0.2) is 10.4 Å². The molecule has 0 fully saturated rings. The summed E-state index contributed by atoms with van der Waals surface area (Å²) in [6.45, 7) is 0.178. The first kappa shape index (κ1) is 27.3. The number of ether oxygens (including phenoxy) is 2. The van der Waals surface area contributed by atoms with E-state index in [2.05, 4.69) is 15.5 Å². The molecule has 9 nitrogen and oxygen atoms in total.